The number of thiazole rings is 2. The van der Waals surface area contributed by atoms with Crippen molar-refractivity contribution < 1.29 is 4.57 Å². The van der Waals surface area contributed by atoms with Crippen molar-refractivity contribution in [3.05, 3.63) is 59.9 Å². The molecule has 2 aromatic heterocycles. The van der Waals surface area contributed by atoms with Gasteiger partial charge in [-0.25, -0.2) is 0 Å². The first-order chi connectivity index (χ1) is 13.0. The molecule has 0 spiro atoms. The van der Waals surface area contributed by atoms with Gasteiger partial charge in [0.25, 0.3) is 10.6 Å². The third-order valence-electron chi connectivity index (χ3n) is 4.77. The fourth-order valence-corrected chi connectivity index (χ4v) is 6.87. The molecule has 3 aromatic rings. The Hall–Kier alpha value is -1.83. The van der Waals surface area contributed by atoms with Crippen molar-refractivity contribution in [1.29, 1.82) is 0 Å². The minimum Gasteiger partial charge on any atom is -0.337 e. The summed E-state index contributed by atoms with van der Waals surface area (Å²) in [5.41, 5.74) is 2.52. The lowest BCUT2D eigenvalue weighted by Crippen LogP contribution is -2.37. The summed E-state index contributed by atoms with van der Waals surface area (Å²) in [4.78, 5) is 16.5. The van der Waals surface area contributed by atoms with E-state index in [2.05, 4.69) is 46.9 Å². The van der Waals surface area contributed by atoms with Crippen molar-refractivity contribution in [1.82, 2.24) is 4.57 Å². The molecule has 0 saturated heterocycles. The van der Waals surface area contributed by atoms with Crippen LogP contribution in [0.15, 0.2) is 39.3 Å². The molecule has 1 aliphatic heterocycles. The molecule has 0 amide bonds. The van der Waals surface area contributed by atoms with Gasteiger partial charge in [-0.15, -0.1) is 11.3 Å². The Morgan fingerprint density at radius 3 is 2.70 bits per heavy atom. The molecule has 0 atom stereocenters. The number of benzene rings is 1. The van der Waals surface area contributed by atoms with Crippen molar-refractivity contribution in [2.24, 2.45) is 0 Å². The molecule has 0 saturated carbocycles. The third kappa shape index (κ3) is 3.07. The zero-order valence-electron chi connectivity index (χ0n) is 15.9. The fraction of sp³-hybridized carbons (Fsp3) is 0.300. The number of thioether (sulfide) groups is 1. The molecule has 0 radical (unpaired) electrons. The maximum atomic E-state index is 13.1. The molecule has 0 unspecified atom stereocenters. The van der Waals surface area contributed by atoms with E-state index in [-0.39, 0.29) is 5.56 Å². The molecule has 0 aliphatic carbocycles. The molecular weight excluding hydrogens is 394 g/mol. The number of hydrogen-bond acceptors (Lipinski definition) is 5. The molecule has 0 bridgehead atoms. The van der Waals surface area contributed by atoms with Gasteiger partial charge in [-0.3, -0.25) is 9.36 Å². The highest BCUT2D eigenvalue weighted by molar-refractivity contribution is 8.08. The standard InChI is InChI=1S/C20H22N3OS3/c1-5-22-13(3)12-25-16(22)11-17-23(6-2)19(24)18(27-17)20-21(4)14-9-7-8-10-15(14)26-20/h7-12H,5-6H2,1-4H3/q+1/b20-18+. The Kier molecular flexibility index (Phi) is 5.01. The highest BCUT2D eigenvalue weighted by Gasteiger charge is 2.24. The van der Waals surface area contributed by atoms with Gasteiger partial charge in [0.05, 0.1) is 17.1 Å². The lowest BCUT2D eigenvalue weighted by atomic mass is 10.3. The number of hydrogen-bond donors (Lipinski definition) is 0. The minimum absolute atomic E-state index is 0.104. The molecule has 1 aliphatic rings. The van der Waals surface area contributed by atoms with Crippen LogP contribution in [0.25, 0.3) is 11.1 Å². The second kappa shape index (κ2) is 7.30. The second-order valence-electron chi connectivity index (χ2n) is 6.36. The van der Waals surface area contributed by atoms with Crippen LogP contribution in [0.4, 0.5) is 5.69 Å². The minimum atomic E-state index is 0.104. The van der Waals surface area contributed by atoms with E-state index >= 15 is 0 Å². The van der Waals surface area contributed by atoms with E-state index in [1.54, 1.807) is 34.4 Å². The van der Waals surface area contributed by atoms with E-state index in [1.165, 1.54) is 15.6 Å². The predicted molar refractivity (Wildman–Crippen MR) is 116 cm³/mol. The Morgan fingerprint density at radius 2 is 2.00 bits per heavy atom. The number of para-hydroxylation sites is 1. The first kappa shape index (κ1) is 18.5. The summed E-state index contributed by atoms with van der Waals surface area (Å²) < 4.78 is 6.01. The fourth-order valence-electron chi connectivity index (χ4n) is 3.34. The number of aromatic nitrogens is 2. The number of rotatable bonds is 3. The molecule has 4 rings (SSSR count). The second-order valence-corrected chi connectivity index (χ2v) is 9.31. The van der Waals surface area contributed by atoms with E-state index in [1.807, 2.05) is 30.7 Å². The van der Waals surface area contributed by atoms with Crippen molar-refractivity contribution in [3.8, 4) is 0 Å². The van der Waals surface area contributed by atoms with E-state index in [0.717, 1.165) is 26.5 Å². The van der Waals surface area contributed by atoms with Gasteiger partial charge in [0.2, 0.25) is 0 Å². The summed E-state index contributed by atoms with van der Waals surface area (Å²) >= 11 is 5.01. The van der Waals surface area contributed by atoms with Gasteiger partial charge in [0, 0.05) is 25.4 Å². The van der Waals surface area contributed by atoms with Gasteiger partial charge in [-0.05, 0) is 26.0 Å². The lowest BCUT2D eigenvalue weighted by Gasteiger charge is -2.11. The quantitative estimate of drug-likeness (QED) is 0.615. The molecule has 0 fully saturated rings. The monoisotopic (exact) mass is 416 g/mol. The smallest absolute Gasteiger partial charge is 0.271 e. The van der Waals surface area contributed by atoms with E-state index in [4.69, 9.17) is 0 Å². The number of fused-ring (bicyclic) bond motifs is 1. The van der Waals surface area contributed by atoms with Crippen LogP contribution < -0.4 is 24.2 Å². The average Bonchev–Trinajstić information content (AvgIpc) is 3.29. The highest BCUT2D eigenvalue weighted by atomic mass is 32.2. The largest absolute Gasteiger partial charge is 0.337 e. The molecular formula is C20H22N3OS3+. The molecule has 1 aromatic carbocycles. The maximum Gasteiger partial charge on any atom is 0.271 e. The Morgan fingerprint density at radius 1 is 1.22 bits per heavy atom. The van der Waals surface area contributed by atoms with E-state index in [9.17, 15) is 4.79 Å². The average molecular weight is 417 g/mol. The summed E-state index contributed by atoms with van der Waals surface area (Å²) in [7, 11) is 2.04. The van der Waals surface area contributed by atoms with Gasteiger partial charge < -0.3 is 4.90 Å². The summed E-state index contributed by atoms with van der Waals surface area (Å²) in [5, 5.41) is 4.38. The normalized spacial score (nSPS) is 16.3. The number of nitrogens with zero attached hydrogens (tertiary/aromatic N) is 3. The van der Waals surface area contributed by atoms with Crippen molar-refractivity contribution in [2.45, 2.75) is 38.8 Å². The van der Waals surface area contributed by atoms with Crippen molar-refractivity contribution >= 4 is 51.2 Å². The van der Waals surface area contributed by atoms with Crippen LogP contribution in [0, 0.1) is 6.92 Å². The van der Waals surface area contributed by atoms with Gasteiger partial charge >= 0.3 is 0 Å². The number of aryl methyl sites for hydroxylation is 1. The Bertz CT molecular complexity index is 1190. The van der Waals surface area contributed by atoms with Crippen molar-refractivity contribution in [2.75, 3.05) is 11.9 Å². The van der Waals surface area contributed by atoms with Crippen molar-refractivity contribution in [3.63, 3.8) is 0 Å². The molecule has 3 heterocycles. The Labute approximate surface area is 170 Å². The van der Waals surface area contributed by atoms with Crippen LogP contribution in [-0.2, 0) is 13.1 Å². The molecule has 7 heteroatoms. The summed E-state index contributed by atoms with van der Waals surface area (Å²) in [6.07, 6.45) is 2.16. The van der Waals surface area contributed by atoms with Crippen LogP contribution in [-0.4, -0.2) is 11.6 Å². The summed E-state index contributed by atoms with van der Waals surface area (Å²) in [6, 6.07) is 8.30. The van der Waals surface area contributed by atoms with Crippen LogP contribution in [0.5, 0.6) is 0 Å². The first-order valence-corrected chi connectivity index (χ1v) is 11.5. The van der Waals surface area contributed by atoms with Crippen LogP contribution in [0.1, 0.15) is 24.5 Å². The Balaban J connectivity index is 1.94. The van der Waals surface area contributed by atoms with E-state index in [0.29, 0.717) is 6.54 Å². The predicted octanol–water partition coefficient (Wildman–Crippen LogP) is 2.74. The lowest BCUT2D eigenvalue weighted by molar-refractivity contribution is -0.696. The molecule has 0 N–H and O–H groups in total. The zero-order valence-corrected chi connectivity index (χ0v) is 18.3. The van der Waals surface area contributed by atoms with Gasteiger partial charge in [-0.2, -0.15) is 4.57 Å². The molecule has 4 nitrogen and oxygen atoms in total. The van der Waals surface area contributed by atoms with Crippen LogP contribution in [0.2, 0.25) is 0 Å². The van der Waals surface area contributed by atoms with Gasteiger partial charge in [0.1, 0.15) is 20.8 Å². The summed E-state index contributed by atoms with van der Waals surface area (Å²) in [5.74, 6) is 0. The zero-order chi connectivity index (χ0) is 19.1. The van der Waals surface area contributed by atoms with Crippen LogP contribution >= 0.6 is 34.4 Å². The number of anilines is 1. The molecule has 140 valence electrons. The topological polar surface area (TPSA) is 29.1 Å². The van der Waals surface area contributed by atoms with Crippen LogP contribution in [0.3, 0.4) is 0 Å². The highest BCUT2D eigenvalue weighted by Crippen LogP contribution is 2.44. The summed E-state index contributed by atoms with van der Waals surface area (Å²) in [6.45, 7) is 7.92. The van der Waals surface area contributed by atoms with Gasteiger partial charge in [-0.1, -0.05) is 35.2 Å². The molecule has 27 heavy (non-hydrogen) atoms. The SMILES string of the molecule is CCn1c(=O)/c(=C2\Sc3ccccc3N2C)s/c1=C/c1scc(C)[n+]1CC. The van der Waals surface area contributed by atoms with Gasteiger partial charge in [0.15, 0.2) is 5.69 Å². The van der Waals surface area contributed by atoms with E-state index < -0.39 is 0 Å². The third-order valence-corrected chi connectivity index (χ3v) is 8.29. The first-order valence-electron chi connectivity index (χ1n) is 8.99. The maximum absolute atomic E-state index is 13.1.